The van der Waals surface area contributed by atoms with Crippen molar-refractivity contribution >= 4 is 11.9 Å². The average Bonchev–Trinajstić information content (AvgIpc) is 3.33. The Morgan fingerprint density at radius 3 is 1.63 bits per heavy atom. The van der Waals surface area contributed by atoms with Crippen molar-refractivity contribution in [2.24, 2.45) is 0 Å². The molecule has 11 nitrogen and oxygen atoms in total. The van der Waals surface area contributed by atoms with Gasteiger partial charge in [-0.15, -0.1) is 0 Å². The number of carbonyl (C=O) groups is 2. The second-order valence-corrected chi connectivity index (χ2v) is 18.6. The fourth-order valence-corrected chi connectivity index (χ4v) is 7.97. The van der Waals surface area contributed by atoms with Gasteiger partial charge in [0.1, 0.15) is 24.4 Å². The molecule has 7 unspecified atom stereocenters. The Balaban J connectivity index is 2.11. The van der Waals surface area contributed by atoms with Gasteiger partial charge in [0.2, 0.25) is 5.91 Å². The third-order valence-electron chi connectivity index (χ3n) is 12.3. The normalized spacial score (nSPS) is 20.0. The largest absolute Gasteiger partial charge is 0.466 e. The standard InChI is InChI=1S/C57H99NO10/c1-3-5-7-9-11-13-14-15-22-25-29-33-37-41-45-53(62)66-46-42-38-34-30-26-23-20-18-16-17-19-21-24-28-32-36-40-44-52(61)58-49(50(60)43-39-35-31-27-12-10-8-6-4-2)48-67-57-56(65)55(64)54(63)51(47-59)68-57/h4,6,12,14-16,18,23,26-27,39,43,49-51,54-57,59-60,63-65H,3,5,7-11,13,17,19-22,24-25,28-38,40-42,44-48H2,1-2H3,(H,58,61)/b6-4+,15-14-,18-16-,26-23-,27-12+,43-39+. The molecule has 7 atom stereocenters. The van der Waals surface area contributed by atoms with E-state index in [1.165, 1.54) is 83.5 Å². The van der Waals surface area contributed by atoms with Gasteiger partial charge in [0.05, 0.1) is 32.0 Å². The maximum Gasteiger partial charge on any atom is 0.305 e. The zero-order valence-corrected chi connectivity index (χ0v) is 42.8. The fourth-order valence-electron chi connectivity index (χ4n) is 7.97. The molecule has 0 aromatic carbocycles. The van der Waals surface area contributed by atoms with Crippen LogP contribution in [0.4, 0.5) is 0 Å². The number of unbranched alkanes of at least 4 members (excludes halogenated alkanes) is 22. The van der Waals surface area contributed by atoms with Crippen molar-refractivity contribution in [3.05, 3.63) is 72.9 Å². The highest BCUT2D eigenvalue weighted by Crippen LogP contribution is 2.22. The molecule has 11 heteroatoms. The number of aliphatic hydroxyl groups excluding tert-OH is 5. The van der Waals surface area contributed by atoms with E-state index in [4.69, 9.17) is 14.2 Å². The van der Waals surface area contributed by atoms with Crippen molar-refractivity contribution < 1.29 is 49.3 Å². The SMILES string of the molecule is C/C=C/CC/C=C/CC/C=C/C(O)C(COC1OC(CO)C(O)C(O)C1O)NC(=O)CCCCCCCCC/C=C\C/C=C\CCCCCOC(=O)CCCCCCC/C=C\CCCCCCC. The molecule has 0 bridgehead atoms. The highest BCUT2D eigenvalue weighted by Gasteiger charge is 2.44. The molecule has 0 spiro atoms. The van der Waals surface area contributed by atoms with Crippen LogP contribution in [0, 0.1) is 0 Å². The number of esters is 1. The molecule has 0 radical (unpaired) electrons. The molecular formula is C57H99NO10. The van der Waals surface area contributed by atoms with Crippen molar-refractivity contribution in [3.63, 3.8) is 0 Å². The second-order valence-electron chi connectivity index (χ2n) is 18.6. The van der Waals surface area contributed by atoms with Crippen molar-refractivity contribution in [1.29, 1.82) is 0 Å². The molecule has 1 aliphatic rings. The highest BCUT2D eigenvalue weighted by atomic mass is 16.7. The summed E-state index contributed by atoms with van der Waals surface area (Å²) in [6.45, 7) is 3.99. The van der Waals surface area contributed by atoms with Crippen LogP contribution in [0.2, 0.25) is 0 Å². The topological polar surface area (TPSA) is 175 Å². The Morgan fingerprint density at radius 2 is 1.06 bits per heavy atom. The molecule has 0 aromatic heterocycles. The lowest BCUT2D eigenvalue weighted by Gasteiger charge is -2.40. The Hall–Kier alpha value is -2.90. The van der Waals surface area contributed by atoms with Crippen molar-refractivity contribution in [2.45, 2.75) is 256 Å². The van der Waals surface area contributed by atoms with Gasteiger partial charge in [-0.05, 0) is 116 Å². The van der Waals surface area contributed by atoms with Crippen LogP contribution >= 0.6 is 0 Å². The van der Waals surface area contributed by atoms with Crippen LogP contribution < -0.4 is 5.32 Å². The molecule has 1 heterocycles. The zero-order chi connectivity index (χ0) is 49.6. The molecule has 1 fully saturated rings. The van der Waals surface area contributed by atoms with E-state index >= 15 is 0 Å². The molecule has 392 valence electrons. The maximum atomic E-state index is 12.9. The molecule has 68 heavy (non-hydrogen) atoms. The van der Waals surface area contributed by atoms with Crippen LogP contribution in [0.25, 0.3) is 0 Å². The number of aliphatic hydroxyl groups is 5. The summed E-state index contributed by atoms with van der Waals surface area (Å²) in [5, 5.41) is 54.0. The van der Waals surface area contributed by atoms with Gasteiger partial charge in [-0.2, -0.15) is 0 Å². The monoisotopic (exact) mass is 958 g/mol. The molecule has 1 amide bonds. The molecule has 1 rings (SSSR count). The number of rotatable bonds is 45. The highest BCUT2D eigenvalue weighted by molar-refractivity contribution is 5.76. The molecule has 1 aliphatic heterocycles. The van der Waals surface area contributed by atoms with E-state index in [9.17, 15) is 35.1 Å². The van der Waals surface area contributed by atoms with Crippen molar-refractivity contribution in [1.82, 2.24) is 5.32 Å². The Morgan fingerprint density at radius 1 is 0.574 bits per heavy atom. The van der Waals surface area contributed by atoms with E-state index in [1.54, 1.807) is 6.08 Å². The summed E-state index contributed by atoms with van der Waals surface area (Å²) >= 11 is 0. The van der Waals surface area contributed by atoms with Gasteiger partial charge >= 0.3 is 5.97 Å². The summed E-state index contributed by atoms with van der Waals surface area (Å²) in [5.41, 5.74) is 0. The number of ether oxygens (including phenoxy) is 3. The first-order valence-corrected chi connectivity index (χ1v) is 27.2. The van der Waals surface area contributed by atoms with Crippen LogP contribution in [0.3, 0.4) is 0 Å². The molecule has 0 saturated carbocycles. The summed E-state index contributed by atoms with van der Waals surface area (Å²) in [4.78, 5) is 25.0. The third kappa shape index (κ3) is 36.1. The minimum atomic E-state index is -1.59. The summed E-state index contributed by atoms with van der Waals surface area (Å²) in [7, 11) is 0. The van der Waals surface area contributed by atoms with Gasteiger partial charge in [-0.1, -0.05) is 157 Å². The summed E-state index contributed by atoms with van der Waals surface area (Å²) in [6, 6.07) is -0.847. The van der Waals surface area contributed by atoms with E-state index in [1.807, 2.05) is 19.1 Å². The van der Waals surface area contributed by atoms with Gasteiger partial charge < -0.3 is 45.1 Å². The fraction of sp³-hybridized carbons (Fsp3) is 0.754. The summed E-state index contributed by atoms with van der Waals surface area (Å²) in [5.74, 6) is -0.262. The van der Waals surface area contributed by atoms with Crippen LogP contribution in [0.5, 0.6) is 0 Å². The minimum absolute atomic E-state index is 0.0437. The van der Waals surface area contributed by atoms with E-state index in [0.29, 0.717) is 25.9 Å². The predicted molar refractivity (Wildman–Crippen MR) is 278 cm³/mol. The predicted octanol–water partition coefficient (Wildman–Crippen LogP) is 11.7. The Bertz CT molecular complexity index is 1360. The molecule has 0 aliphatic carbocycles. The van der Waals surface area contributed by atoms with Crippen LogP contribution in [0.15, 0.2) is 72.9 Å². The van der Waals surface area contributed by atoms with Crippen molar-refractivity contribution in [2.75, 3.05) is 19.8 Å². The Labute approximate surface area is 413 Å². The third-order valence-corrected chi connectivity index (χ3v) is 12.3. The van der Waals surface area contributed by atoms with Gasteiger partial charge in [-0.3, -0.25) is 9.59 Å². The van der Waals surface area contributed by atoms with Gasteiger partial charge in [0.25, 0.3) is 0 Å². The quantitative estimate of drug-likeness (QED) is 0.0196. The van der Waals surface area contributed by atoms with E-state index in [2.05, 4.69) is 66.9 Å². The molecule has 0 aromatic rings. The van der Waals surface area contributed by atoms with Gasteiger partial charge in [0.15, 0.2) is 6.29 Å². The van der Waals surface area contributed by atoms with Crippen LogP contribution in [-0.2, 0) is 23.8 Å². The first kappa shape index (κ1) is 63.1. The second kappa shape index (κ2) is 46.5. The first-order valence-electron chi connectivity index (χ1n) is 27.2. The lowest BCUT2D eigenvalue weighted by molar-refractivity contribution is -0.302. The summed E-state index contributed by atoms with van der Waals surface area (Å²) in [6.07, 6.45) is 50.2. The molecule has 1 saturated heterocycles. The Kier molecular flexibility index (Phi) is 43.1. The summed E-state index contributed by atoms with van der Waals surface area (Å²) < 4.78 is 16.6. The zero-order valence-electron chi connectivity index (χ0n) is 42.8. The van der Waals surface area contributed by atoms with Crippen LogP contribution in [0.1, 0.15) is 213 Å². The molecule has 6 N–H and O–H groups in total. The average molecular weight is 958 g/mol. The van der Waals surface area contributed by atoms with Crippen LogP contribution in [-0.4, -0.2) is 100 Å². The number of hydrogen-bond acceptors (Lipinski definition) is 10. The smallest absolute Gasteiger partial charge is 0.305 e. The van der Waals surface area contributed by atoms with Gasteiger partial charge in [0, 0.05) is 12.8 Å². The number of carbonyl (C=O) groups excluding carboxylic acids is 2. The number of amides is 1. The maximum absolute atomic E-state index is 12.9. The number of allylic oxidation sites excluding steroid dienone is 11. The number of hydrogen-bond donors (Lipinski definition) is 6. The minimum Gasteiger partial charge on any atom is -0.466 e. The number of nitrogens with one attached hydrogen (secondary N) is 1. The van der Waals surface area contributed by atoms with Crippen molar-refractivity contribution in [3.8, 4) is 0 Å². The van der Waals surface area contributed by atoms with Gasteiger partial charge in [-0.25, -0.2) is 0 Å². The lowest BCUT2D eigenvalue weighted by Crippen LogP contribution is -2.60. The lowest BCUT2D eigenvalue weighted by atomic mass is 9.99. The van der Waals surface area contributed by atoms with E-state index in [0.717, 1.165) is 96.3 Å². The van der Waals surface area contributed by atoms with E-state index in [-0.39, 0.29) is 18.5 Å². The first-order chi connectivity index (χ1) is 33.2. The van der Waals surface area contributed by atoms with E-state index < -0.39 is 49.5 Å². The molecular weight excluding hydrogens is 859 g/mol.